The smallest absolute Gasteiger partial charge is 0.255 e. The molecule has 1 heterocycles. The van der Waals surface area contributed by atoms with Crippen molar-refractivity contribution < 1.29 is 14.3 Å². The summed E-state index contributed by atoms with van der Waals surface area (Å²) in [5, 5.41) is 6.61. The lowest BCUT2D eigenvalue weighted by Gasteiger charge is -2.26. The van der Waals surface area contributed by atoms with Gasteiger partial charge in [0.15, 0.2) is 12.6 Å². The fourth-order valence-corrected chi connectivity index (χ4v) is 2.56. The molecule has 0 radical (unpaired) electrons. The second-order valence-electron chi connectivity index (χ2n) is 5.98. The Morgan fingerprint density at radius 2 is 2.11 bits per heavy atom. The number of carbonyl (C=O) groups excluding carboxylic acids is 1. The highest BCUT2D eigenvalue weighted by Crippen LogP contribution is 2.13. The number of amides is 1. The zero-order valence-corrected chi connectivity index (χ0v) is 18.1. The number of primary amides is 1. The maximum absolute atomic E-state index is 10.8. The number of carbonyl (C=O) groups is 1. The number of hydrogen-bond acceptors (Lipinski definition) is 5. The lowest BCUT2D eigenvalue weighted by atomic mass is 10.2. The maximum Gasteiger partial charge on any atom is 0.255 e. The van der Waals surface area contributed by atoms with Crippen LogP contribution >= 0.6 is 24.0 Å². The third kappa shape index (κ3) is 9.78. The third-order valence-electron chi connectivity index (χ3n) is 3.87. The van der Waals surface area contributed by atoms with Crippen LogP contribution in [0.2, 0.25) is 0 Å². The highest BCUT2D eigenvalue weighted by molar-refractivity contribution is 14.0. The van der Waals surface area contributed by atoms with Crippen LogP contribution in [-0.4, -0.2) is 69.3 Å². The quantitative estimate of drug-likeness (QED) is 0.265. The van der Waals surface area contributed by atoms with Gasteiger partial charge in [-0.25, -0.2) is 4.99 Å². The second-order valence-corrected chi connectivity index (χ2v) is 5.98. The summed E-state index contributed by atoms with van der Waals surface area (Å²) in [7, 11) is 0. The summed E-state index contributed by atoms with van der Waals surface area (Å²) in [5.74, 6) is 0.901. The molecule has 1 aliphatic heterocycles. The number of nitrogens with one attached hydrogen (secondary N) is 2. The Hall–Kier alpha value is -1.59. The van der Waals surface area contributed by atoms with Crippen LogP contribution in [-0.2, 0) is 16.1 Å². The minimum Gasteiger partial charge on any atom is -0.484 e. The Bertz CT molecular complexity index is 594. The van der Waals surface area contributed by atoms with Gasteiger partial charge in [-0.2, -0.15) is 0 Å². The molecule has 27 heavy (non-hydrogen) atoms. The lowest BCUT2D eigenvalue weighted by molar-refractivity contribution is -0.119. The van der Waals surface area contributed by atoms with Crippen LogP contribution < -0.4 is 21.1 Å². The van der Waals surface area contributed by atoms with Gasteiger partial charge in [-0.3, -0.25) is 9.69 Å². The van der Waals surface area contributed by atoms with E-state index in [0.717, 1.165) is 57.5 Å². The molecule has 9 heteroatoms. The topological polar surface area (TPSA) is 101 Å². The molecule has 1 amide bonds. The summed E-state index contributed by atoms with van der Waals surface area (Å²) in [6.07, 6.45) is 0. The van der Waals surface area contributed by atoms with Crippen molar-refractivity contribution in [1.29, 1.82) is 0 Å². The number of aliphatic imine (C=N–C) groups is 1. The summed E-state index contributed by atoms with van der Waals surface area (Å²) in [4.78, 5) is 17.8. The molecular weight excluding hydrogens is 461 g/mol. The molecule has 0 aromatic heterocycles. The van der Waals surface area contributed by atoms with E-state index in [1.54, 1.807) is 6.07 Å². The minimum absolute atomic E-state index is 0. The average molecular weight is 491 g/mol. The Morgan fingerprint density at radius 1 is 1.33 bits per heavy atom. The molecule has 0 bridgehead atoms. The zero-order valence-electron chi connectivity index (χ0n) is 15.8. The molecule has 8 nitrogen and oxygen atoms in total. The van der Waals surface area contributed by atoms with Gasteiger partial charge in [0.25, 0.3) is 5.91 Å². The molecule has 152 valence electrons. The fourth-order valence-electron chi connectivity index (χ4n) is 2.56. The molecule has 1 aromatic carbocycles. The Morgan fingerprint density at radius 3 is 2.81 bits per heavy atom. The number of morpholine rings is 1. The molecule has 1 aromatic rings. The van der Waals surface area contributed by atoms with Crippen molar-refractivity contribution in [3.05, 3.63) is 29.8 Å². The minimum atomic E-state index is -0.493. The van der Waals surface area contributed by atoms with E-state index in [1.807, 2.05) is 25.1 Å². The van der Waals surface area contributed by atoms with Gasteiger partial charge in [-0.1, -0.05) is 12.1 Å². The summed E-state index contributed by atoms with van der Waals surface area (Å²) in [6, 6.07) is 7.50. The predicted octanol–water partition coefficient (Wildman–Crippen LogP) is 0.556. The van der Waals surface area contributed by atoms with Gasteiger partial charge in [-0.15, -0.1) is 24.0 Å². The van der Waals surface area contributed by atoms with E-state index in [4.69, 9.17) is 15.2 Å². The molecule has 1 aliphatic rings. The van der Waals surface area contributed by atoms with Crippen molar-refractivity contribution in [3.8, 4) is 5.75 Å². The maximum atomic E-state index is 10.8. The van der Waals surface area contributed by atoms with Gasteiger partial charge in [0.1, 0.15) is 5.75 Å². The van der Waals surface area contributed by atoms with E-state index >= 15 is 0 Å². The lowest BCUT2D eigenvalue weighted by Crippen LogP contribution is -2.44. The second kappa shape index (κ2) is 13.6. The number of nitrogens with two attached hydrogens (primary N) is 1. The number of rotatable bonds is 9. The summed E-state index contributed by atoms with van der Waals surface area (Å²) < 4.78 is 10.7. The van der Waals surface area contributed by atoms with Crippen molar-refractivity contribution >= 4 is 35.8 Å². The average Bonchev–Trinajstić information content (AvgIpc) is 2.65. The van der Waals surface area contributed by atoms with Crippen LogP contribution in [0.25, 0.3) is 0 Å². The van der Waals surface area contributed by atoms with Crippen LogP contribution in [0.5, 0.6) is 5.75 Å². The number of benzene rings is 1. The van der Waals surface area contributed by atoms with Crippen LogP contribution in [0, 0.1) is 0 Å². The molecule has 0 aliphatic carbocycles. The van der Waals surface area contributed by atoms with Gasteiger partial charge in [0.05, 0.1) is 19.8 Å². The predicted molar refractivity (Wildman–Crippen MR) is 117 cm³/mol. The zero-order chi connectivity index (χ0) is 18.6. The number of ether oxygens (including phenoxy) is 2. The summed E-state index contributed by atoms with van der Waals surface area (Å²) in [6.45, 7) is 8.59. The van der Waals surface area contributed by atoms with Crippen molar-refractivity contribution in [2.24, 2.45) is 10.7 Å². The van der Waals surface area contributed by atoms with E-state index in [1.165, 1.54) is 0 Å². The van der Waals surface area contributed by atoms with E-state index in [9.17, 15) is 4.79 Å². The number of nitrogens with zero attached hydrogens (tertiary/aromatic N) is 2. The van der Waals surface area contributed by atoms with Crippen LogP contribution in [0.3, 0.4) is 0 Å². The standard InChI is InChI=1S/C18H29N5O3.HI/c1-2-20-18(21-6-7-23-8-10-25-11-9-23)22-13-15-4-3-5-16(12-15)26-14-17(19)24;/h3-5,12H,2,6-11,13-14H2,1H3,(H2,19,24)(H2,20,21,22);1H. The van der Waals surface area contributed by atoms with Gasteiger partial charge in [0.2, 0.25) is 0 Å². The molecule has 1 fully saturated rings. The molecule has 0 unspecified atom stereocenters. The summed E-state index contributed by atoms with van der Waals surface area (Å²) in [5.41, 5.74) is 6.10. The first-order valence-electron chi connectivity index (χ1n) is 8.99. The molecule has 0 saturated carbocycles. The SMILES string of the molecule is CCNC(=NCc1cccc(OCC(N)=O)c1)NCCN1CCOCC1.I. The van der Waals surface area contributed by atoms with Gasteiger partial charge in [-0.05, 0) is 24.6 Å². The highest BCUT2D eigenvalue weighted by atomic mass is 127. The van der Waals surface area contributed by atoms with E-state index < -0.39 is 5.91 Å². The molecule has 4 N–H and O–H groups in total. The van der Waals surface area contributed by atoms with Crippen LogP contribution in [0.15, 0.2) is 29.3 Å². The van der Waals surface area contributed by atoms with Crippen molar-refractivity contribution in [2.45, 2.75) is 13.5 Å². The van der Waals surface area contributed by atoms with Crippen molar-refractivity contribution in [1.82, 2.24) is 15.5 Å². The molecular formula is C18H30IN5O3. The van der Waals surface area contributed by atoms with Gasteiger partial charge < -0.3 is 25.8 Å². The third-order valence-corrected chi connectivity index (χ3v) is 3.87. The van der Waals surface area contributed by atoms with Gasteiger partial charge in [0, 0.05) is 32.7 Å². The summed E-state index contributed by atoms with van der Waals surface area (Å²) >= 11 is 0. The van der Waals surface area contributed by atoms with Crippen LogP contribution in [0.4, 0.5) is 0 Å². The van der Waals surface area contributed by atoms with Gasteiger partial charge >= 0.3 is 0 Å². The largest absolute Gasteiger partial charge is 0.484 e. The van der Waals surface area contributed by atoms with E-state index in [2.05, 4.69) is 20.5 Å². The first-order chi connectivity index (χ1) is 12.7. The first-order valence-corrected chi connectivity index (χ1v) is 8.99. The number of hydrogen-bond donors (Lipinski definition) is 3. The Balaban J connectivity index is 0.00000364. The molecule has 2 rings (SSSR count). The monoisotopic (exact) mass is 491 g/mol. The number of halogens is 1. The van der Waals surface area contributed by atoms with E-state index in [0.29, 0.717) is 12.3 Å². The molecule has 0 spiro atoms. The van der Waals surface area contributed by atoms with E-state index in [-0.39, 0.29) is 30.6 Å². The Labute approximate surface area is 177 Å². The van der Waals surface area contributed by atoms with Crippen molar-refractivity contribution in [3.63, 3.8) is 0 Å². The molecule has 0 atom stereocenters. The number of guanidine groups is 1. The normalized spacial score (nSPS) is 14.9. The van der Waals surface area contributed by atoms with Crippen molar-refractivity contribution in [2.75, 3.05) is 52.5 Å². The highest BCUT2D eigenvalue weighted by Gasteiger charge is 2.09. The van der Waals surface area contributed by atoms with Crippen LogP contribution in [0.1, 0.15) is 12.5 Å². The molecule has 1 saturated heterocycles. The Kier molecular flexibility index (Phi) is 11.8. The first kappa shape index (κ1) is 23.4. The fraction of sp³-hybridized carbons (Fsp3) is 0.556.